The quantitative estimate of drug-likeness (QED) is 0.855. The maximum atomic E-state index is 12.2. The summed E-state index contributed by atoms with van der Waals surface area (Å²) in [5.74, 6) is -0.668. The Morgan fingerprint density at radius 1 is 1.29 bits per heavy atom. The van der Waals surface area contributed by atoms with E-state index in [0.29, 0.717) is 6.61 Å². The number of benzene rings is 1. The Balaban J connectivity index is 2.35. The SMILES string of the molecule is CCS(=O)(=O)N(C)[C@H]1COC(C)(C)O[C@H]1c1ccccc1. The van der Waals surface area contributed by atoms with Crippen LogP contribution in [0.3, 0.4) is 0 Å². The lowest BCUT2D eigenvalue weighted by molar-refractivity contribution is -0.291. The van der Waals surface area contributed by atoms with Crippen molar-refractivity contribution < 1.29 is 17.9 Å². The molecule has 0 unspecified atom stereocenters. The Bertz CT molecular complexity index is 571. The monoisotopic (exact) mass is 313 g/mol. The van der Waals surface area contributed by atoms with Gasteiger partial charge in [-0.3, -0.25) is 0 Å². The van der Waals surface area contributed by atoms with E-state index >= 15 is 0 Å². The summed E-state index contributed by atoms with van der Waals surface area (Å²) in [6.07, 6.45) is -0.346. The second-order valence-electron chi connectivity index (χ2n) is 5.64. The lowest BCUT2D eigenvalue weighted by Gasteiger charge is -2.44. The average Bonchev–Trinajstić information content (AvgIpc) is 2.46. The average molecular weight is 313 g/mol. The van der Waals surface area contributed by atoms with Gasteiger partial charge in [0.1, 0.15) is 6.10 Å². The summed E-state index contributed by atoms with van der Waals surface area (Å²) in [4.78, 5) is 0. The largest absolute Gasteiger partial charge is 0.349 e. The van der Waals surface area contributed by atoms with Gasteiger partial charge in [-0.25, -0.2) is 8.42 Å². The number of hydrogen-bond acceptors (Lipinski definition) is 4. The minimum Gasteiger partial charge on any atom is -0.349 e. The Labute approximate surface area is 126 Å². The molecule has 1 aliphatic rings. The van der Waals surface area contributed by atoms with Gasteiger partial charge in [0.2, 0.25) is 10.0 Å². The van der Waals surface area contributed by atoms with Crippen LogP contribution in [0.5, 0.6) is 0 Å². The summed E-state index contributed by atoms with van der Waals surface area (Å²) in [5, 5.41) is 0. The molecule has 0 spiro atoms. The first-order valence-corrected chi connectivity index (χ1v) is 8.70. The first-order valence-electron chi connectivity index (χ1n) is 7.09. The molecule has 21 heavy (non-hydrogen) atoms. The van der Waals surface area contributed by atoms with Crippen LogP contribution in [-0.2, 0) is 19.5 Å². The molecular weight excluding hydrogens is 290 g/mol. The molecule has 1 heterocycles. The maximum Gasteiger partial charge on any atom is 0.214 e. The third-order valence-corrected chi connectivity index (χ3v) is 5.64. The summed E-state index contributed by atoms with van der Waals surface area (Å²) in [5.41, 5.74) is 0.956. The fourth-order valence-electron chi connectivity index (χ4n) is 2.43. The summed E-state index contributed by atoms with van der Waals surface area (Å²) in [7, 11) is -1.71. The van der Waals surface area contributed by atoms with Crippen molar-refractivity contribution in [2.24, 2.45) is 0 Å². The molecule has 0 bridgehead atoms. The van der Waals surface area contributed by atoms with Gasteiger partial charge in [-0.05, 0) is 26.3 Å². The highest BCUT2D eigenvalue weighted by molar-refractivity contribution is 7.89. The minimum absolute atomic E-state index is 0.0604. The predicted molar refractivity (Wildman–Crippen MR) is 81.3 cm³/mol. The van der Waals surface area contributed by atoms with Gasteiger partial charge >= 0.3 is 0 Å². The number of ether oxygens (including phenoxy) is 2. The molecule has 5 nitrogen and oxygen atoms in total. The van der Waals surface area contributed by atoms with Crippen LogP contribution < -0.4 is 0 Å². The van der Waals surface area contributed by atoms with Crippen molar-refractivity contribution in [1.82, 2.24) is 4.31 Å². The van der Waals surface area contributed by atoms with Crippen LogP contribution in [0.2, 0.25) is 0 Å². The number of rotatable bonds is 4. The van der Waals surface area contributed by atoms with E-state index in [-0.39, 0.29) is 17.9 Å². The summed E-state index contributed by atoms with van der Waals surface area (Å²) >= 11 is 0. The van der Waals surface area contributed by atoms with Gasteiger partial charge < -0.3 is 9.47 Å². The van der Waals surface area contributed by atoms with E-state index in [4.69, 9.17) is 9.47 Å². The minimum atomic E-state index is -3.30. The van der Waals surface area contributed by atoms with Gasteiger partial charge in [0.15, 0.2) is 5.79 Å². The highest BCUT2D eigenvalue weighted by Crippen LogP contribution is 2.35. The predicted octanol–water partition coefficient (Wildman–Crippen LogP) is 2.16. The second kappa shape index (κ2) is 6.04. The summed E-state index contributed by atoms with van der Waals surface area (Å²) in [6.45, 7) is 5.63. The zero-order valence-corrected chi connectivity index (χ0v) is 13.8. The zero-order chi connectivity index (χ0) is 15.7. The van der Waals surface area contributed by atoms with Crippen molar-refractivity contribution in [3.05, 3.63) is 35.9 Å². The number of sulfonamides is 1. The normalized spacial score (nSPS) is 26.0. The standard InChI is InChI=1S/C15H23NO4S/c1-5-21(17,18)16(4)13-11-19-15(2,3)20-14(13)12-9-7-6-8-10-12/h6-10,13-14H,5,11H2,1-4H3/t13-,14-/m0/s1. The van der Waals surface area contributed by atoms with E-state index in [0.717, 1.165) is 5.56 Å². The molecule has 0 saturated carbocycles. The summed E-state index contributed by atoms with van der Waals surface area (Å²) in [6, 6.07) is 9.30. The van der Waals surface area contributed by atoms with Crippen LogP contribution in [0, 0.1) is 0 Å². The fourth-order valence-corrected chi connectivity index (χ4v) is 3.42. The Hall–Kier alpha value is -0.950. The molecule has 1 saturated heterocycles. The lowest BCUT2D eigenvalue weighted by atomic mass is 10.0. The van der Waals surface area contributed by atoms with E-state index in [2.05, 4.69) is 0 Å². The van der Waals surface area contributed by atoms with E-state index in [1.165, 1.54) is 4.31 Å². The summed E-state index contributed by atoms with van der Waals surface area (Å²) < 4.78 is 37.3. The maximum absolute atomic E-state index is 12.2. The van der Waals surface area contributed by atoms with Crippen LogP contribution in [0.15, 0.2) is 30.3 Å². The smallest absolute Gasteiger partial charge is 0.214 e. The highest BCUT2D eigenvalue weighted by atomic mass is 32.2. The molecule has 1 aliphatic heterocycles. The van der Waals surface area contributed by atoms with Crippen molar-refractivity contribution in [3.63, 3.8) is 0 Å². The molecule has 6 heteroatoms. The van der Waals surface area contributed by atoms with E-state index in [1.54, 1.807) is 14.0 Å². The van der Waals surface area contributed by atoms with Crippen LogP contribution >= 0.6 is 0 Å². The molecule has 0 N–H and O–H groups in total. The van der Waals surface area contributed by atoms with Gasteiger partial charge in [-0.1, -0.05) is 30.3 Å². The molecule has 2 rings (SSSR count). The van der Waals surface area contributed by atoms with E-state index in [9.17, 15) is 8.42 Å². The topological polar surface area (TPSA) is 55.8 Å². The molecule has 1 aromatic carbocycles. The van der Waals surface area contributed by atoms with Crippen molar-refractivity contribution in [1.29, 1.82) is 0 Å². The van der Waals surface area contributed by atoms with Crippen LogP contribution in [-0.4, -0.2) is 44.0 Å². The van der Waals surface area contributed by atoms with Crippen LogP contribution in [0.25, 0.3) is 0 Å². The molecule has 1 fully saturated rings. The number of likely N-dealkylation sites (N-methyl/N-ethyl adjacent to an activating group) is 1. The zero-order valence-electron chi connectivity index (χ0n) is 12.9. The van der Waals surface area contributed by atoms with Gasteiger partial charge in [0.25, 0.3) is 0 Å². The first kappa shape index (κ1) is 16.4. The highest BCUT2D eigenvalue weighted by Gasteiger charge is 2.42. The van der Waals surface area contributed by atoms with Crippen molar-refractivity contribution >= 4 is 10.0 Å². The molecule has 2 atom stereocenters. The molecule has 0 aliphatic carbocycles. The Morgan fingerprint density at radius 3 is 2.48 bits per heavy atom. The van der Waals surface area contributed by atoms with E-state index in [1.807, 2.05) is 44.2 Å². The molecule has 0 aromatic heterocycles. The Kier molecular flexibility index (Phi) is 4.72. The molecule has 118 valence electrons. The van der Waals surface area contributed by atoms with Gasteiger partial charge in [-0.2, -0.15) is 4.31 Å². The molecular formula is C15H23NO4S. The van der Waals surface area contributed by atoms with Crippen molar-refractivity contribution in [2.75, 3.05) is 19.4 Å². The number of hydrogen-bond donors (Lipinski definition) is 0. The third kappa shape index (κ3) is 3.63. The second-order valence-corrected chi connectivity index (χ2v) is 7.96. The number of nitrogens with zero attached hydrogens (tertiary/aromatic N) is 1. The van der Waals surface area contributed by atoms with Crippen molar-refractivity contribution in [3.8, 4) is 0 Å². The first-order chi connectivity index (χ1) is 9.77. The molecule has 1 aromatic rings. The van der Waals surface area contributed by atoms with Crippen LogP contribution in [0.4, 0.5) is 0 Å². The molecule has 0 radical (unpaired) electrons. The van der Waals surface area contributed by atoms with Gasteiger partial charge in [0.05, 0.1) is 18.4 Å². The third-order valence-electron chi connectivity index (χ3n) is 3.76. The van der Waals surface area contributed by atoms with Gasteiger partial charge in [-0.15, -0.1) is 0 Å². The van der Waals surface area contributed by atoms with Gasteiger partial charge in [0, 0.05) is 7.05 Å². The molecule has 0 amide bonds. The van der Waals surface area contributed by atoms with Crippen LogP contribution in [0.1, 0.15) is 32.4 Å². The fraction of sp³-hybridized carbons (Fsp3) is 0.600. The lowest BCUT2D eigenvalue weighted by Crippen LogP contribution is -2.52. The Morgan fingerprint density at radius 2 is 1.90 bits per heavy atom. The van der Waals surface area contributed by atoms with Crippen molar-refractivity contribution in [2.45, 2.75) is 38.7 Å². The van der Waals surface area contributed by atoms with E-state index < -0.39 is 15.8 Å².